The molecule has 0 bridgehead atoms. The number of benzene rings is 2. The summed E-state index contributed by atoms with van der Waals surface area (Å²) in [5.41, 5.74) is 0.638. The molecule has 20 heavy (non-hydrogen) atoms. The Morgan fingerprint density at radius 1 is 1.15 bits per heavy atom. The topological polar surface area (TPSA) is 66.4 Å². The second-order valence-corrected chi connectivity index (χ2v) is 6.18. The minimum absolute atomic E-state index is 0.00934. The molecule has 2 rings (SSSR count). The maximum absolute atomic E-state index is 13.2. The van der Waals surface area contributed by atoms with Gasteiger partial charge in [0, 0.05) is 5.02 Å². The van der Waals surface area contributed by atoms with Crippen molar-refractivity contribution in [3.63, 3.8) is 0 Å². The van der Waals surface area contributed by atoms with Crippen LogP contribution in [-0.4, -0.2) is 13.5 Å². The maximum atomic E-state index is 13.2. The number of nitrogens with one attached hydrogen (secondary N) is 1. The molecular weight excluding hydrogens is 305 g/mol. The number of rotatable bonds is 4. The fourth-order valence-electron chi connectivity index (χ4n) is 1.60. The SMILES string of the molecule is O=S(=O)(Nc1cc(F)cc(Cl)c1)c1ccc(CO)cc1. The summed E-state index contributed by atoms with van der Waals surface area (Å²) >= 11 is 5.66. The van der Waals surface area contributed by atoms with Crippen molar-refractivity contribution in [3.8, 4) is 0 Å². The molecule has 2 aromatic carbocycles. The third-order valence-electron chi connectivity index (χ3n) is 2.53. The van der Waals surface area contributed by atoms with Crippen LogP contribution in [0.1, 0.15) is 5.56 Å². The van der Waals surface area contributed by atoms with E-state index in [-0.39, 0.29) is 22.2 Å². The van der Waals surface area contributed by atoms with Crippen molar-refractivity contribution < 1.29 is 17.9 Å². The van der Waals surface area contributed by atoms with Crippen LogP contribution in [0.2, 0.25) is 5.02 Å². The molecule has 0 atom stereocenters. The van der Waals surface area contributed by atoms with Crippen LogP contribution in [0.25, 0.3) is 0 Å². The first-order valence-corrected chi connectivity index (χ1v) is 7.45. The van der Waals surface area contributed by atoms with Crippen LogP contribution in [0.5, 0.6) is 0 Å². The first-order chi connectivity index (χ1) is 9.40. The zero-order chi connectivity index (χ0) is 14.8. The maximum Gasteiger partial charge on any atom is 0.261 e. The average molecular weight is 316 g/mol. The zero-order valence-electron chi connectivity index (χ0n) is 10.2. The molecule has 0 saturated heterocycles. The average Bonchev–Trinajstić information content (AvgIpc) is 2.37. The highest BCUT2D eigenvalue weighted by Crippen LogP contribution is 2.21. The fourth-order valence-corrected chi connectivity index (χ4v) is 2.86. The highest BCUT2D eigenvalue weighted by Gasteiger charge is 2.14. The Kier molecular flexibility index (Phi) is 4.27. The first-order valence-electron chi connectivity index (χ1n) is 5.59. The van der Waals surface area contributed by atoms with E-state index in [4.69, 9.17) is 16.7 Å². The van der Waals surface area contributed by atoms with E-state index in [1.165, 1.54) is 30.3 Å². The van der Waals surface area contributed by atoms with Crippen LogP contribution < -0.4 is 4.72 Å². The Labute approximate surface area is 120 Å². The Bertz CT molecular complexity index is 697. The van der Waals surface area contributed by atoms with Gasteiger partial charge in [-0.25, -0.2) is 12.8 Å². The summed E-state index contributed by atoms with van der Waals surface area (Å²) in [6, 6.07) is 9.12. The summed E-state index contributed by atoms with van der Waals surface area (Å²) in [6.45, 7) is -0.173. The van der Waals surface area contributed by atoms with Crippen LogP contribution in [0.4, 0.5) is 10.1 Å². The van der Waals surface area contributed by atoms with Gasteiger partial charge < -0.3 is 5.11 Å². The smallest absolute Gasteiger partial charge is 0.261 e. The summed E-state index contributed by atoms with van der Waals surface area (Å²) < 4.78 is 39.6. The van der Waals surface area contributed by atoms with Gasteiger partial charge in [-0.05, 0) is 35.9 Å². The van der Waals surface area contributed by atoms with Gasteiger partial charge in [0.25, 0.3) is 10.0 Å². The third-order valence-corrected chi connectivity index (χ3v) is 4.15. The van der Waals surface area contributed by atoms with Crippen molar-refractivity contribution in [2.24, 2.45) is 0 Å². The Hall–Kier alpha value is -1.63. The molecule has 0 heterocycles. The van der Waals surface area contributed by atoms with E-state index in [2.05, 4.69) is 4.72 Å². The molecule has 4 nitrogen and oxygen atoms in total. The lowest BCUT2D eigenvalue weighted by atomic mass is 10.2. The largest absolute Gasteiger partial charge is 0.392 e. The van der Waals surface area contributed by atoms with Gasteiger partial charge in [-0.2, -0.15) is 0 Å². The van der Waals surface area contributed by atoms with Crippen LogP contribution in [0.3, 0.4) is 0 Å². The fraction of sp³-hybridized carbons (Fsp3) is 0.0769. The normalized spacial score (nSPS) is 11.3. The molecule has 0 aromatic heterocycles. The number of anilines is 1. The molecule has 0 spiro atoms. The number of aliphatic hydroxyl groups excluding tert-OH is 1. The van der Waals surface area contributed by atoms with Crippen molar-refractivity contribution in [1.82, 2.24) is 0 Å². The quantitative estimate of drug-likeness (QED) is 0.911. The molecule has 0 aliphatic heterocycles. The molecule has 2 N–H and O–H groups in total. The monoisotopic (exact) mass is 315 g/mol. The second-order valence-electron chi connectivity index (χ2n) is 4.07. The minimum Gasteiger partial charge on any atom is -0.392 e. The minimum atomic E-state index is -3.83. The van der Waals surface area contributed by atoms with E-state index in [1.54, 1.807) is 0 Å². The van der Waals surface area contributed by atoms with Gasteiger partial charge in [-0.15, -0.1) is 0 Å². The van der Waals surface area contributed by atoms with Gasteiger partial charge in [0.2, 0.25) is 0 Å². The van der Waals surface area contributed by atoms with Crippen molar-refractivity contribution >= 4 is 27.3 Å². The van der Waals surface area contributed by atoms with Crippen molar-refractivity contribution in [2.75, 3.05) is 4.72 Å². The highest BCUT2D eigenvalue weighted by atomic mass is 35.5. The van der Waals surface area contributed by atoms with E-state index in [0.29, 0.717) is 5.56 Å². The molecule has 2 aromatic rings. The van der Waals surface area contributed by atoms with Gasteiger partial charge in [0.05, 0.1) is 17.2 Å². The predicted molar refractivity (Wildman–Crippen MR) is 74.6 cm³/mol. The summed E-state index contributed by atoms with van der Waals surface area (Å²) in [7, 11) is -3.83. The molecule has 106 valence electrons. The van der Waals surface area contributed by atoms with Crippen molar-refractivity contribution in [2.45, 2.75) is 11.5 Å². The van der Waals surface area contributed by atoms with E-state index in [1.807, 2.05) is 0 Å². The standard InChI is InChI=1S/C13H11ClFNO3S/c14-10-5-11(15)7-12(6-10)16-20(18,19)13-3-1-9(8-17)2-4-13/h1-7,16-17H,8H2. The summed E-state index contributed by atoms with van der Waals surface area (Å²) in [5, 5.41) is 9.00. The summed E-state index contributed by atoms with van der Waals surface area (Å²) in [6.07, 6.45) is 0. The number of sulfonamides is 1. The molecule has 0 unspecified atom stereocenters. The van der Waals surface area contributed by atoms with Gasteiger partial charge >= 0.3 is 0 Å². The Morgan fingerprint density at radius 3 is 2.35 bits per heavy atom. The van der Waals surface area contributed by atoms with Crippen LogP contribution in [0, 0.1) is 5.82 Å². The zero-order valence-corrected chi connectivity index (χ0v) is 11.7. The van der Waals surface area contributed by atoms with Crippen LogP contribution in [0.15, 0.2) is 47.4 Å². The molecule has 0 aliphatic rings. The Balaban J connectivity index is 2.30. The second kappa shape index (κ2) is 5.78. The van der Waals surface area contributed by atoms with Crippen LogP contribution >= 0.6 is 11.6 Å². The number of aliphatic hydroxyl groups is 1. The number of halogens is 2. The first kappa shape index (κ1) is 14.8. The van der Waals surface area contributed by atoms with E-state index in [9.17, 15) is 12.8 Å². The van der Waals surface area contributed by atoms with Gasteiger partial charge in [-0.3, -0.25) is 4.72 Å². The van der Waals surface area contributed by atoms with Gasteiger partial charge in [-0.1, -0.05) is 23.7 Å². The molecule has 0 amide bonds. The van der Waals surface area contributed by atoms with Crippen molar-refractivity contribution in [3.05, 3.63) is 58.9 Å². The lowest BCUT2D eigenvalue weighted by Gasteiger charge is -2.09. The summed E-state index contributed by atoms with van der Waals surface area (Å²) in [4.78, 5) is 0.00934. The highest BCUT2D eigenvalue weighted by molar-refractivity contribution is 7.92. The number of hydrogen-bond donors (Lipinski definition) is 2. The molecule has 0 radical (unpaired) electrons. The van der Waals surface area contributed by atoms with E-state index in [0.717, 1.165) is 12.1 Å². The van der Waals surface area contributed by atoms with E-state index >= 15 is 0 Å². The lowest BCUT2D eigenvalue weighted by Crippen LogP contribution is -2.13. The predicted octanol–water partition coefficient (Wildman–Crippen LogP) is 2.77. The van der Waals surface area contributed by atoms with E-state index < -0.39 is 15.8 Å². The van der Waals surface area contributed by atoms with Crippen molar-refractivity contribution in [1.29, 1.82) is 0 Å². The van der Waals surface area contributed by atoms with Gasteiger partial charge in [0.15, 0.2) is 0 Å². The summed E-state index contributed by atoms with van der Waals surface area (Å²) in [5.74, 6) is -0.633. The molecule has 0 fully saturated rings. The molecule has 7 heteroatoms. The number of hydrogen-bond acceptors (Lipinski definition) is 3. The Morgan fingerprint density at radius 2 is 1.80 bits per heavy atom. The molecule has 0 aliphatic carbocycles. The third kappa shape index (κ3) is 3.47. The van der Waals surface area contributed by atoms with Crippen LogP contribution in [-0.2, 0) is 16.6 Å². The van der Waals surface area contributed by atoms with Gasteiger partial charge in [0.1, 0.15) is 5.82 Å². The molecule has 0 saturated carbocycles. The lowest BCUT2D eigenvalue weighted by molar-refractivity contribution is 0.282. The molecular formula is C13H11ClFNO3S.